The molecule has 0 atom stereocenters. The molecule has 0 bridgehead atoms. The van der Waals surface area contributed by atoms with Crippen LogP contribution in [0.4, 0.5) is 10.1 Å². The predicted octanol–water partition coefficient (Wildman–Crippen LogP) is 3.92. The van der Waals surface area contributed by atoms with Crippen molar-refractivity contribution in [2.24, 2.45) is 0 Å². The number of nitrogens with zero attached hydrogens (tertiary/aromatic N) is 2. The van der Waals surface area contributed by atoms with E-state index in [0.29, 0.717) is 12.2 Å². The number of aromatic nitrogens is 2. The SMILES string of the molecule is COc1cccc2c(NCC3(c4ncccc4F)CC3)ccnc12. The Morgan fingerprint density at radius 2 is 2.00 bits per heavy atom. The van der Waals surface area contributed by atoms with Crippen molar-refractivity contribution < 1.29 is 9.13 Å². The molecule has 1 saturated carbocycles. The van der Waals surface area contributed by atoms with E-state index in [2.05, 4.69) is 15.3 Å². The molecule has 24 heavy (non-hydrogen) atoms. The lowest BCUT2D eigenvalue weighted by Crippen LogP contribution is -2.22. The van der Waals surface area contributed by atoms with E-state index in [0.717, 1.165) is 35.2 Å². The van der Waals surface area contributed by atoms with E-state index >= 15 is 0 Å². The van der Waals surface area contributed by atoms with Gasteiger partial charge in [-0.3, -0.25) is 9.97 Å². The van der Waals surface area contributed by atoms with Crippen molar-refractivity contribution in [2.45, 2.75) is 18.3 Å². The lowest BCUT2D eigenvalue weighted by molar-refractivity contribution is 0.419. The standard InChI is InChI=1S/C19H18FN3O/c1-24-16-6-2-4-13-15(7-11-21-17(13)16)23-12-19(8-9-19)18-14(20)5-3-10-22-18/h2-7,10-11H,8-9,12H2,1H3,(H,21,23). The van der Waals surface area contributed by atoms with E-state index < -0.39 is 0 Å². The molecule has 0 aliphatic heterocycles. The number of hydrogen-bond acceptors (Lipinski definition) is 4. The van der Waals surface area contributed by atoms with Gasteiger partial charge in [0.1, 0.15) is 17.1 Å². The van der Waals surface area contributed by atoms with Gasteiger partial charge in [0.25, 0.3) is 0 Å². The van der Waals surface area contributed by atoms with E-state index in [-0.39, 0.29) is 11.2 Å². The Morgan fingerprint density at radius 3 is 2.75 bits per heavy atom. The molecule has 1 aromatic carbocycles. The molecule has 0 saturated heterocycles. The monoisotopic (exact) mass is 323 g/mol. The van der Waals surface area contributed by atoms with Crippen molar-refractivity contribution in [3.05, 3.63) is 60.3 Å². The summed E-state index contributed by atoms with van der Waals surface area (Å²) >= 11 is 0. The van der Waals surface area contributed by atoms with Gasteiger partial charge in [-0.25, -0.2) is 4.39 Å². The van der Waals surface area contributed by atoms with Crippen LogP contribution in [0.3, 0.4) is 0 Å². The molecule has 1 aliphatic carbocycles. The van der Waals surface area contributed by atoms with Crippen LogP contribution in [0, 0.1) is 5.82 Å². The summed E-state index contributed by atoms with van der Waals surface area (Å²) in [6.45, 7) is 0.650. The number of methoxy groups -OCH3 is 1. The Hall–Kier alpha value is -2.69. The van der Waals surface area contributed by atoms with E-state index in [4.69, 9.17) is 4.74 Å². The van der Waals surface area contributed by atoms with E-state index in [1.54, 1.807) is 25.6 Å². The van der Waals surface area contributed by atoms with Gasteiger partial charge in [-0.1, -0.05) is 12.1 Å². The average Bonchev–Trinajstić information content (AvgIpc) is 3.40. The molecule has 0 unspecified atom stereocenters. The fraction of sp³-hybridized carbons (Fsp3) is 0.263. The smallest absolute Gasteiger partial charge is 0.145 e. The summed E-state index contributed by atoms with van der Waals surface area (Å²) in [6, 6.07) is 10.9. The number of ether oxygens (including phenoxy) is 1. The summed E-state index contributed by atoms with van der Waals surface area (Å²) in [5, 5.41) is 4.46. The second-order valence-corrected chi connectivity index (χ2v) is 6.18. The summed E-state index contributed by atoms with van der Waals surface area (Å²) in [5.74, 6) is 0.520. The van der Waals surface area contributed by atoms with Gasteiger partial charge in [-0.05, 0) is 37.1 Å². The third-order valence-electron chi connectivity index (χ3n) is 4.69. The maximum Gasteiger partial charge on any atom is 0.145 e. The van der Waals surface area contributed by atoms with Crippen LogP contribution < -0.4 is 10.1 Å². The van der Waals surface area contributed by atoms with Crippen LogP contribution in [0.25, 0.3) is 10.9 Å². The predicted molar refractivity (Wildman–Crippen MR) is 91.9 cm³/mol. The molecule has 2 heterocycles. The first-order valence-corrected chi connectivity index (χ1v) is 8.00. The minimum atomic E-state index is -0.224. The zero-order valence-electron chi connectivity index (χ0n) is 13.4. The number of hydrogen-bond donors (Lipinski definition) is 1. The largest absolute Gasteiger partial charge is 0.494 e. The zero-order valence-corrected chi connectivity index (χ0v) is 13.4. The highest BCUT2D eigenvalue weighted by Crippen LogP contribution is 2.48. The average molecular weight is 323 g/mol. The molecule has 1 N–H and O–H groups in total. The van der Waals surface area contributed by atoms with Gasteiger partial charge < -0.3 is 10.1 Å². The van der Waals surface area contributed by atoms with Crippen LogP contribution in [-0.4, -0.2) is 23.6 Å². The number of anilines is 1. The molecule has 0 amide bonds. The number of fused-ring (bicyclic) bond motifs is 1. The highest BCUT2D eigenvalue weighted by Gasteiger charge is 2.47. The van der Waals surface area contributed by atoms with Gasteiger partial charge in [-0.2, -0.15) is 0 Å². The molecule has 0 spiro atoms. The molecule has 122 valence electrons. The summed E-state index contributed by atoms with van der Waals surface area (Å²) < 4.78 is 19.5. The van der Waals surface area contributed by atoms with Crippen molar-refractivity contribution in [2.75, 3.05) is 19.0 Å². The normalized spacial score (nSPS) is 15.2. The Labute approximate surface area is 139 Å². The number of rotatable bonds is 5. The third-order valence-corrected chi connectivity index (χ3v) is 4.69. The van der Waals surface area contributed by atoms with E-state index in [9.17, 15) is 4.39 Å². The van der Waals surface area contributed by atoms with E-state index in [1.165, 1.54) is 6.07 Å². The minimum Gasteiger partial charge on any atom is -0.494 e. The molecular formula is C19H18FN3O. The first-order chi connectivity index (χ1) is 11.7. The van der Waals surface area contributed by atoms with Crippen LogP contribution in [0.2, 0.25) is 0 Å². The van der Waals surface area contributed by atoms with Gasteiger partial charge in [0, 0.05) is 35.4 Å². The Balaban J connectivity index is 1.63. The topological polar surface area (TPSA) is 47.0 Å². The number of halogens is 1. The van der Waals surface area contributed by atoms with Gasteiger partial charge in [-0.15, -0.1) is 0 Å². The van der Waals surface area contributed by atoms with Crippen LogP contribution in [0.1, 0.15) is 18.5 Å². The van der Waals surface area contributed by atoms with Crippen molar-refractivity contribution in [3.63, 3.8) is 0 Å². The van der Waals surface area contributed by atoms with Gasteiger partial charge in [0.05, 0.1) is 12.8 Å². The molecule has 5 heteroatoms. The fourth-order valence-corrected chi connectivity index (χ4v) is 3.16. The molecule has 0 radical (unpaired) electrons. The molecule has 3 aromatic rings. The van der Waals surface area contributed by atoms with Crippen molar-refractivity contribution in [3.8, 4) is 5.75 Å². The second kappa shape index (κ2) is 5.74. The number of pyridine rings is 2. The Kier molecular flexibility index (Phi) is 3.56. The lowest BCUT2D eigenvalue weighted by Gasteiger charge is -2.18. The fourth-order valence-electron chi connectivity index (χ4n) is 3.16. The first-order valence-electron chi connectivity index (χ1n) is 8.00. The maximum atomic E-state index is 14.1. The van der Waals surface area contributed by atoms with Crippen molar-refractivity contribution >= 4 is 16.6 Å². The van der Waals surface area contributed by atoms with Crippen molar-refractivity contribution in [1.29, 1.82) is 0 Å². The maximum absolute atomic E-state index is 14.1. The molecule has 4 rings (SSSR count). The molecule has 4 nitrogen and oxygen atoms in total. The summed E-state index contributed by atoms with van der Waals surface area (Å²) in [5.41, 5.74) is 2.15. The molecular weight excluding hydrogens is 305 g/mol. The van der Waals surface area contributed by atoms with Gasteiger partial charge in [0.15, 0.2) is 0 Å². The molecule has 1 fully saturated rings. The van der Waals surface area contributed by atoms with Crippen LogP contribution in [0.15, 0.2) is 48.8 Å². The first kappa shape index (κ1) is 14.9. The highest BCUT2D eigenvalue weighted by atomic mass is 19.1. The summed E-state index contributed by atoms with van der Waals surface area (Å²) in [6.07, 6.45) is 5.31. The second-order valence-electron chi connectivity index (χ2n) is 6.18. The Morgan fingerprint density at radius 1 is 1.12 bits per heavy atom. The highest BCUT2D eigenvalue weighted by molar-refractivity contribution is 5.94. The van der Waals surface area contributed by atoms with Gasteiger partial charge >= 0.3 is 0 Å². The van der Waals surface area contributed by atoms with Crippen LogP contribution in [0.5, 0.6) is 5.75 Å². The molecule has 2 aromatic heterocycles. The molecule has 1 aliphatic rings. The zero-order chi connectivity index (χ0) is 16.6. The number of nitrogens with one attached hydrogen (secondary N) is 1. The van der Waals surface area contributed by atoms with Gasteiger partial charge in [0.2, 0.25) is 0 Å². The lowest BCUT2D eigenvalue weighted by atomic mass is 10.0. The minimum absolute atomic E-state index is 0.209. The van der Waals surface area contributed by atoms with E-state index in [1.807, 2.05) is 24.3 Å². The number of para-hydroxylation sites is 1. The Bertz CT molecular complexity index is 893. The number of benzene rings is 1. The van der Waals surface area contributed by atoms with Crippen LogP contribution in [-0.2, 0) is 5.41 Å². The van der Waals surface area contributed by atoms with Crippen LogP contribution >= 0.6 is 0 Å². The third kappa shape index (κ3) is 2.46. The summed E-state index contributed by atoms with van der Waals surface area (Å²) in [7, 11) is 1.64. The quantitative estimate of drug-likeness (QED) is 0.773. The van der Waals surface area contributed by atoms with Crippen molar-refractivity contribution in [1.82, 2.24) is 9.97 Å². The summed E-state index contributed by atoms with van der Waals surface area (Å²) in [4.78, 5) is 8.67.